The number of rotatable bonds is 8. The summed E-state index contributed by atoms with van der Waals surface area (Å²) in [6.45, 7) is 15.0. The first-order valence-corrected chi connectivity index (χ1v) is 16.7. The van der Waals surface area contributed by atoms with Crippen LogP contribution in [0.1, 0.15) is 59.1 Å². The first-order chi connectivity index (χ1) is 22.3. The minimum atomic E-state index is -1.02. The van der Waals surface area contributed by atoms with Gasteiger partial charge in [-0.05, 0) is 76.8 Å². The number of benzene rings is 1. The maximum Gasteiger partial charge on any atom is 0.410 e. The van der Waals surface area contributed by atoms with E-state index in [2.05, 4.69) is 21.7 Å². The van der Waals surface area contributed by atoms with Crippen molar-refractivity contribution in [1.29, 1.82) is 0 Å². The van der Waals surface area contributed by atoms with Crippen LogP contribution in [-0.2, 0) is 20.7 Å². The summed E-state index contributed by atoms with van der Waals surface area (Å²) < 4.78 is 31.0. The number of hydrogen-bond acceptors (Lipinski definition) is 9. The highest BCUT2D eigenvalue weighted by atomic mass is 19.1. The summed E-state index contributed by atoms with van der Waals surface area (Å²) in [4.78, 5) is 40.3. The third-order valence-electron chi connectivity index (χ3n) is 9.29. The molecular formula is C35H50FN5O6. The number of carbonyl (C=O) groups excluding carboxylic acids is 2. The number of piperazine rings is 1. The van der Waals surface area contributed by atoms with Gasteiger partial charge < -0.3 is 24.2 Å². The van der Waals surface area contributed by atoms with Crippen molar-refractivity contribution < 1.29 is 33.3 Å². The number of hydrogen-bond donors (Lipinski definition) is 1. The quantitative estimate of drug-likeness (QED) is 0.456. The number of amides is 2. The highest BCUT2D eigenvalue weighted by Crippen LogP contribution is 2.38. The SMILES string of the molecule is CC[C@@H]1COCCN1C[C@H]1CN(C(=O)OC(C)(C)C)[C@H](C)CN1CC(=O)N1c2cc(Cc3ccc(F)cc3)cnc2OC[C@]1(C)CO. The maximum absolute atomic E-state index is 14.5. The van der Waals surface area contributed by atoms with Crippen molar-refractivity contribution in [3.05, 3.63) is 53.5 Å². The van der Waals surface area contributed by atoms with E-state index in [1.165, 1.54) is 12.1 Å². The van der Waals surface area contributed by atoms with Gasteiger partial charge in [0.25, 0.3) is 0 Å². The minimum Gasteiger partial charge on any atom is -0.474 e. The van der Waals surface area contributed by atoms with E-state index in [4.69, 9.17) is 14.2 Å². The predicted octanol–water partition coefficient (Wildman–Crippen LogP) is 3.71. The molecule has 0 unspecified atom stereocenters. The number of nitrogens with zero attached hydrogens (tertiary/aromatic N) is 5. The van der Waals surface area contributed by atoms with Crippen molar-refractivity contribution in [1.82, 2.24) is 19.7 Å². The second-order valence-corrected chi connectivity index (χ2v) is 14.3. The number of anilines is 1. The van der Waals surface area contributed by atoms with Crippen molar-refractivity contribution in [3.63, 3.8) is 0 Å². The normalized spacial score (nSPS) is 25.7. The fraction of sp³-hybridized carbons (Fsp3) is 0.629. The lowest BCUT2D eigenvalue weighted by Crippen LogP contribution is -2.66. The van der Waals surface area contributed by atoms with E-state index in [0.29, 0.717) is 50.8 Å². The fourth-order valence-electron chi connectivity index (χ4n) is 6.69. The molecule has 1 N–H and O–H groups in total. The summed E-state index contributed by atoms with van der Waals surface area (Å²) in [7, 11) is 0. The van der Waals surface area contributed by atoms with Gasteiger partial charge in [-0.2, -0.15) is 0 Å². The fourth-order valence-corrected chi connectivity index (χ4v) is 6.69. The van der Waals surface area contributed by atoms with E-state index >= 15 is 0 Å². The van der Waals surface area contributed by atoms with Crippen LogP contribution in [0.25, 0.3) is 0 Å². The number of carbonyl (C=O) groups is 2. The van der Waals surface area contributed by atoms with Crippen LogP contribution in [0.15, 0.2) is 36.5 Å². The molecule has 0 aliphatic carbocycles. The Morgan fingerprint density at radius 3 is 2.55 bits per heavy atom. The minimum absolute atomic E-state index is 0.0789. The van der Waals surface area contributed by atoms with Gasteiger partial charge in [0.05, 0.1) is 26.4 Å². The predicted molar refractivity (Wildman–Crippen MR) is 176 cm³/mol. The molecule has 4 atom stereocenters. The van der Waals surface area contributed by atoms with Crippen LogP contribution in [0.5, 0.6) is 5.88 Å². The number of pyridine rings is 1. The number of aliphatic hydroxyl groups is 1. The van der Waals surface area contributed by atoms with E-state index in [1.807, 2.05) is 33.8 Å². The Morgan fingerprint density at radius 2 is 1.87 bits per heavy atom. The lowest BCUT2D eigenvalue weighted by Gasteiger charge is -2.49. The monoisotopic (exact) mass is 655 g/mol. The zero-order valence-electron chi connectivity index (χ0n) is 28.6. The van der Waals surface area contributed by atoms with Gasteiger partial charge in [0, 0.05) is 50.5 Å². The van der Waals surface area contributed by atoms with Gasteiger partial charge >= 0.3 is 6.09 Å². The first kappa shape index (κ1) is 35.0. The molecule has 2 fully saturated rings. The molecule has 1 aromatic heterocycles. The largest absolute Gasteiger partial charge is 0.474 e. The molecule has 1 aromatic carbocycles. The third kappa shape index (κ3) is 8.22. The van der Waals surface area contributed by atoms with Crippen molar-refractivity contribution >= 4 is 17.7 Å². The molecule has 258 valence electrons. The third-order valence-corrected chi connectivity index (χ3v) is 9.29. The second-order valence-electron chi connectivity index (χ2n) is 14.3. The van der Waals surface area contributed by atoms with Gasteiger partial charge in [-0.25, -0.2) is 14.2 Å². The van der Waals surface area contributed by atoms with E-state index < -0.39 is 11.1 Å². The molecule has 12 heteroatoms. The lowest BCUT2D eigenvalue weighted by molar-refractivity contribution is -0.124. The summed E-state index contributed by atoms with van der Waals surface area (Å²) >= 11 is 0. The molecule has 0 saturated carbocycles. The van der Waals surface area contributed by atoms with E-state index in [9.17, 15) is 19.1 Å². The average Bonchev–Trinajstić information content (AvgIpc) is 3.02. The Kier molecular flexibility index (Phi) is 10.7. The standard InChI is InChI=1S/C35H50FN5O6/c1-7-28-21-45-13-12-38(28)18-29-19-40(33(44)47-34(3,4)5)24(2)17-39(29)20-31(43)41-30-15-26(14-25-8-10-27(36)11-9-25)16-37-32(30)46-23-35(41,6)22-42/h8-11,15-16,24,28-29,42H,7,12-14,17-23H2,1-6H3/t24-,28-,29+,35+/m1/s1. The van der Waals surface area contributed by atoms with Gasteiger partial charge in [-0.3, -0.25) is 19.5 Å². The van der Waals surface area contributed by atoms with Crippen LogP contribution in [0.3, 0.4) is 0 Å². The molecule has 2 amide bonds. The number of fused-ring (bicyclic) bond motifs is 1. The Bertz CT molecular complexity index is 1400. The summed E-state index contributed by atoms with van der Waals surface area (Å²) in [5.74, 6) is -0.172. The molecule has 47 heavy (non-hydrogen) atoms. The molecule has 5 rings (SSSR count). The number of aromatic nitrogens is 1. The summed E-state index contributed by atoms with van der Waals surface area (Å²) in [5.41, 5.74) is 0.583. The summed E-state index contributed by atoms with van der Waals surface area (Å²) in [6.07, 6.45) is 2.77. The van der Waals surface area contributed by atoms with Gasteiger partial charge in [0.15, 0.2) is 0 Å². The lowest BCUT2D eigenvalue weighted by atomic mass is 9.97. The number of halogens is 1. The molecule has 11 nitrogen and oxygen atoms in total. The number of morpholine rings is 1. The number of ether oxygens (including phenoxy) is 3. The van der Waals surface area contributed by atoms with Gasteiger partial charge in [-0.1, -0.05) is 19.1 Å². The summed E-state index contributed by atoms with van der Waals surface area (Å²) in [5, 5.41) is 10.6. The molecule has 4 heterocycles. The topological polar surface area (TPSA) is 108 Å². The smallest absolute Gasteiger partial charge is 0.410 e. The van der Waals surface area contributed by atoms with Crippen LogP contribution in [0, 0.1) is 5.82 Å². The molecule has 3 aliphatic rings. The number of aliphatic hydroxyl groups excluding tert-OH is 1. The van der Waals surface area contributed by atoms with Crippen LogP contribution < -0.4 is 9.64 Å². The van der Waals surface area contributed by atoms with Gasteiger partial charge in [0.1, 0.15) is 29.3 Å². The van der Waals surface area contributed by atoms with Crippen LogP contribution >= 0.6 is 0 Å². The maximum atomic E-state index is 14.5. The molecule has 2 saturated heterocycles. The van der Waals surface area contributed by atoms with E-state index in [1.54, 1.807) is 35.1 Å². The molecule has 2 aromatic rings. The Morgan fingerprint density at radius 1 is 1.13 bits per heavy atom. The molecular weight excluding hydrogens is 605 g/mol. The van der Waals surface area contributed by atoms with Gasteiger partial charge in [0.2, 0.25) is 11.8 Å². The van der Waals surface area contributed by atoms with Gasteiger partial charge in [-0.15, -0.1) is 0 Å². The average molecular weight is 656 g/mol. The Balaban J connectivity index is 1.42. The van der Waals surface area contributed by atoms with Crippen molar-refractivity contribution in [3.8, 4) is 5.88 Å². The van der Waals surface area contributed by atoms with E-state index in [0.717, 1.165) is 24.1 Å². The second kappa shape index (κ2) is 14.4. The molecule has 0 radical (unpaired) electrons. The van der Waals surface area contributed by atoms with Crippen LogP contribution in [-0.4, -0.2) is 125 Å². The molecule has 0 spiro atoms. The zero-order valence-corrected chi connectivity index (χ0v) is 28.6. The van der Waals surface area contributed by atoms with Crippen molar-refractivity contribution in [2.75, 3.05) is 64.1 Å². The Hall–Kier alpha value is -3.32. The highest BCUT2D eigenvalue weighted by molar-refractivity contribution is 5.98. The van der Waals surface area contributed by atoms with E-state index in [-0.39, 0.29) is 55.7 Å². The summed E-state index contributed by atoms with van der Waals surface area (Å²) in [6, 6.07) is 8.08. The van der Waals surface area contributed by atoms with Crippen LogP contribution in [0.2, 0.25) is 0 Å². The van der Waals surface area contributed by atoms with Crippen molar-refractivity contribution in [2.45, 2.75) is 83.6 Å². The highest BCUT2D eigenvalue weighted by Gasteiger charge is 2.45. The Labute approximate surface area is 277 Å². The van der Waals surface area contributed by atoms with Crippen LogP contribution in [0.4, 0.5) is 14.9 Å². The first-order valence-electron chi connectivity index (χ1n) is 16.7. The molecule has 0 bridgehead atoms. The van der Waals surface area contributed by atoms with Crippen molar-refractivity contribution in [2.24, 2.45) is 0 Å². The zero-order chi connectivity index (χ0) is 33.9. The molecule has 3 aliphatic heterocycles.